The molecule has 4 nitrogen and oxygen atoms in total. The summed E-state index contributed by atoms with van der Waals surface area (Å²) >= 11 is 0. The fourth-order valence-electron chi connectivity index (χ4n) is 8.65. The Hall–Kier alpha value is -0.870. The van der Waals surface area contributed by atoms with Crippen molar-refractivity contribution in [1.82, 2.24) is 10.2 Å². The average Bonchev–Trinajstić information content (AvgIpc) is 3.30. The minimum atomic E-state index is 0.0631. The van der Waals surface area contributed by atoms with Gasteiger partial charge in [-0.2, -0.15) is 5.10 Å². The quantitative estimate of drug-likeness (QED) is 0.737. The van der Waals surface area contributed by atoms with E-state index in [-0.39, 0.29) is 6.29 Å². The maximum Gasteiger partial charge on any atom is 0.157 e. The third kappa shape index (κ3) is 2.81. The first-order valence-electron chi connectivity index (χ1n) is 12.4. The summed E-state index contributed by atoms with van der Waals surface area (Å²) in [5.74, 6) is 3.46. The summed E-state index contributed by atoms with van der Waals surface area (Å²) < 4.78 is 12.6. The van der Waals surface area contributed by atoms with Crippen LogP contribution in [0, 0.1) is 34.5 Å². The highest BCUT2D eigenvalue weighted by molar-refractivity contribution is 5.25. The smallest absolute Gasteiger partial charge is 0.157 e. The lowest BCUT2D eigenvalue weighted by atomic mass is 9.45. The highest BCUT2D eigenvalue weighted by Gasteiger charge is 2.60. The highest BCUT2D eigenvalue weighted by Crippen LogP contribution is 2.66. The van der Waals surface area contributed by atoms with Crippen LogP contribution < -0.4 is 0 Å². The number of ether oxygens (including phenoxy) is 2. The van der Waals surface area contributed by atoms with E-state index in [1.165, 1.54) is 75.5 Å². The zero-order chi connectivity index (χ0) is 19.6. The Morgan fingerprint density at radius 1 is 1.03 bits per heavy atom. The van der Waals surface area contributed by atoms with Crippen molar-refractivity contribution in [2.24, 2.45) is 34.5 Å². The monoisotopic (exact) mass is 398 g/mol. The number of nitrogens with zero attached hydrogens (tertiary/aromatic N) is 1. The summed E-state index contributed by atoms with van der Waals surface area (Å²) in [6, 6.07) is 0. The van der Waals surface area contributed by atoms with Crippen LogP contribution in [0.5, 0.6) is 0 Å². The molecule has 6 rings (SSSR count). The van der Waals surface area contributed by atoms with Crippen molar-refractivity contribution in [2.45, 2.75) is 96.9 Å². The molecule has 4 fully saturated rings. The Labute approximate surface area is 175 Å². The van der Waals surface area contributed by atoms with Gasteiger partial charge in [0, 0.05) is 12.3 Å². The molecule has 5 aliphatic rings. The molecule has 1 aromatic heterocycles. The molecule has 0 amide bonds. The maximum absolute atomic E-state index is 6.64. The molecule has 4 heteroatoms. The predicted molar refractivity (Wildman–Crippen MR) is 112 cm³/mol. The Kier molecular flexibility index (Phi) is 4.43. The number of aromatic nitrogens is 2. The summed E-state index contributed by atoms with van der Waals surface area (Å²) in [5, 5.41) is 7.66. The molecule has 2 heterocycles. The summed E-state index contributed by atoms with van der Waals surface area (Å²) in [7, 11) is 0. The number of rotatable bonds is 2. The van der Waals surface area contributed by atoms with E-state index in [1.54, 1.807) is 0 Å². The molecule has 4 aliphatic carbocycles. The van der Waals surface area contributed by atoms with Crippen molar-refractivity contribution in [3.8, 4) is 0 Å². The number of fused-ring (bicyclic) bond motifs is 6. The summed E-state index contributed by atoms with van der Waals surface area (Å²) in [4.78, 5) is 0. The molecular formula is C25H38N2O2. The van der Waals surface area contributed by atoms with Gasteiger partial charge in [0.1, 0.15) is 0 Å². The first kappa shape index (κ1) is 18.9. The lowest BCUT2D eigenvalue weighted by Gasteiger charge is -2.60. The fourth-order valence-corrected chi connectivity index (χ4v) is 8.65. The van der Waals surface area contributed by atoms with Crippen LogP contribution >= 0.6 is 0 Å². The van der Waals surface area contributed by atoms with Crippen molar-refractivity contribution >= 4 is 0 Å². The van der Waals surface area contributed by atoms with Crippen LogP contribution in [0.1, 0.15) is 82.9 Å². The number of hydrogen-bond donors (Lipinski definition) is 1. The van der Waals surface area contributed by atoms with E-state index in [4.69, 9.17) is 9.47 Å². The zero-order valence-electron chi connectivity index (χ0n) is 18.3. The molecule has 0 bridgehead atoms. The molecule has 160 valence electrons. The summed E-state index contributed by atoms with van der Waals surface area (Å²) in [5.41, 5.74) is 3.75. The van der Waals surface area contributed by atoms with E-state index in [0.29, 0.717) is 16.9 Å². The van der Waals surface area contributed by atoms with Gasteiger partial charge in [0.15, 0.2) is 6.29 Å². The first-order chi connectivity index (χ1) is 14.1. The van der Waals surface area contributed by atoms with E-state index in [0.717, 1.165) is 36.7 Å². The van der Waals surface area contributed by atoms with E-state index in [9.17, 15) is 0 Å². The molecule has 0 spiro atoms. The molecular weight excluding hydrogens is 360 g/mol. The highest BCUT2D eigenvalue weighted by atomic mass is 16.7. The maximum atomic E-state index is 6.64. The van der Waals surface area contributed by atoms with Gasteiger partial charge in [-0.3, -0.25) is 5.10 Å². The van der Waals surface area contributed by atoms with Crippen LogP contribution in [0.3, 0.4) is 0 Å². The average molecular weight is 399 g/mol. The minimum absolute atomic E-state index is 0.0631. The second-order valence-electron chi connectivity index (χ2n) is 11.5. The van der Waals surface area contributed by atoms with Gasteiger partial charge in [0.25, 0.3) is 0 Å². The number of nitrogens with one attached hydrogen (secondary N) is 1. The number of aromatic amines is 1. The molecule has 1 aliphatic heterocycles. The Morgan fingerprint density at radius 3 is 2.79 bits per heavy atom. The zero-order valence-corrected chi connectivity index (χ0v) is 18.3. The van der Waals surface area contributed by atoms with Gasteiger partial charge in [-0.25, -0.2) is 0 Å². The van der Waals surface area contributed by atoms with Gasteiger partial charge in [-0.05, 0) is 111 Å². The molecule has 1 saturated heterocycles. The SMILES string of the molecule is C[C@]12Cc3cn[nH]c3C[C@@H]1CC[C@@H]1[C@@H]2CC[C@]2(C)[C@@H](OC3CCCCO3)CC[C@@H]12. The summed E-state index contributed by atoms with van der Waals surface area (Å²) in [6.45, 7) is 6.09. The molecule has 29 heavy (non-hydrogen) atoms. The van der Waals surface area contributed by atoms with E-state index >= 15 is 0 Å². The molecule has 1 unspecified atom stereocenters. The van der Waals surface area contributed by atoms with Crippen molar-refractivity contribution < 1.29 is 9.47 Å². The van der Waals surface area contributed by atoms with Gasteiger partial charge in [0.05, 0.1) is 12.3 Å². The van der Waals surface area contributed by atoms with Crippen molar-refractivity contribution in [1.29, 1.82) is 0 Å². The van der Waals surface area contributed by atoms with Gasteiger partial charge in [-0.1, -0.05) is 13.8 Å². The van der Waals surface area contributed by atoms with Crippen molar-refractivity contribution in [2.75, 3.05) is 6.61 Å². The molecule has 0 radical (unpaired) electrons. The largest absolute Gasteiger partial charge is 0.353 e. The van der Waals surface area contributed by atoms with E-state index < -0.39 is 0 Å². The second kappa shape index (κ2) is 6.82. The fraction of sp³-hybridized carbons (Fsp3) is 0.880. The van der Waals surface area contributed by atoms with Crippen LogP contribution in [0.2, 0.25) is 0 Å². The lowest BCUT2D eigenvalue weighted by Crippen LogP contribution is -2.55. The van der Waals surface area contributed by atoms with Crippen LogP contribution in [0.25, 0.3) is 0 Å². The molecule has 0 aromatic carbocycles. The van der Waals surface area contributed by atoms with Crippen LogP contribution in [-0.4, -0.2) is 29.2 Å². The Bertz CT molecular complexity index is 756. The number of hydrogen-bond acceptors (Lipinski definition) is 3. The third-order valence-corrected chi connectivity index (χ3v) is 10.3. The molecule has 1 N–H and O–H groups in total. The third-order valence-electron chi connectivity index (χ3n) is 10.3. The first-order valence-corrected chi connectivity index (χ1v) is 12.4. The number of H-pyrrole nitrogens is 1. The van der Waals surface area contributed by atoms with E-state index in [1.807, 2.05) is 0 Å². The second-order valence-corrected chi connectivity index (χ2v) is 11.5. The lowest BCUT2D eigenvalue weighted by molar-refractivity contribution is -0.218. The predicted octanol–water partition coefficient (Wildman–Crippen LogP) is 5.28. The summed E-state index contributed by atoms with van der Waals surface area (Å²) in [6.07, 6.45) is 16.8. The topological polar surface area (TPSA) is 47.1 Å². The van der Waals surface area contributed by atoms with Gasteiger partial charge in [-0.15, -0.1) is 0 Å². The minimum Gasteiger partial charge on any atom is -0.353 e. The standard InChI is InChI=1S/C25H38N2O2/c1-24-11-10-20-18(19(24)8-9-22(24)29-23-5-3-4-12-28-23)7-6-17-13-21-16(15-26-27-21)14-25(17,20)2/h15,17-20,22-23H,3-14H2,1-2H3,(H,26,27)/t17-,18-,19-,20-,22-,23?,24-,25-/m0/s1. The Morgan fingerprint density at radius 2 is 1.93 bits per heavy atom. The van der Waals surface area contributed by atoms with Crippen molar-refractivity contribution in [3.63, 3.8) is 0 Å². The molecule has 8 atom stereocenters. The molecule has 1 aromatic rings. The van der Waals surface area contributed by atoms with Crippen molar-refractivity contribution in [3.05, 3.63) is 17.5 Å². The molecule has 3 saturated carbocycles. The van der Waals surface area contributed by atoms with E-state index in [2.05, 4.69) is 30.2 Å². The van der Waals surface area contributed by atoms with Gasteiger partial charge >= 0.3 is 0 Å². The van der Waals surface area contributed by atoms with Crippen LogP contribution in [-0.2, 0) is 22.3 Å². The Balaban J connectivity index is 1.23. The normalized spacial score (nSPS) is 49.0. The van der Waals surface area contributed by atoms with Crippen LogP contribution in [0.15, 0.2) is 6.20 Å². The van der Waals surface area contributed by atoms with Gasteiger partial charge in [0.2, 0.25) is 0 Å². The van der Waals surface area contributed by atoms with Gasteiger partial charge < -0.3 is 9.47 Å². The van der Waals surface area contributed by atoms with Crippen LogP contribution in [0.4, 0.5) is 0 Å².